The van der Waals surface area contributed by atoms with E-state index in [4.69, 9.17) is 0 Å². The lowest BCUT2D eigenvalue weighted by atomic mass is 9.83. The Bertz CT molecular complexity index is 1830. The molecule has 46 heavy (non-hydrogen) atoms. The van der Waals surface area contributed by atoms with Crippen molar-refractivity contribution in [2.45, 2.75) is 18.5 Å². The summed E-state index contributed by atoms with van der Waals surface area (Å²) in [6.45, 7) is 0.182. The summed E-state index contributed by atoms with van der Waals surface area (Å²) in [4.78, 5) is 32.5. The normalized spacial score (nSPS) is 16.5. The Labute approximate surface area is 271 Å². The van der Waals surface area contributed by atoms with Gasteiger partial charge in [0, 0.05) is 6.42 Å². The fourth-order valence-corrected chi connectivity index (χ4v) is 12.1. The maximum absolute atomic E-state index is 15.5. The number of amides is 3. The quantitative estimate of drug-likeness (QED) is 0.110. The van der Waals surface area contributed by atoms with Gasteiger partial charge in [0.1, 0.15) is 5.54 Å². The van der Waals surface area contributed by atoms with E-state index in [9.17, 15) is 0 Å². The molecule has 1 aliphatic rings. The van der Waals surface area contributed by atoms with Gasteiger partial charge in [-0.1, -0.05) is 182 Å². The number of hydrogen-bond acceptors (Lipinski definition) is 2. The second-order valence-electron chi connectivity index (χ2n) is 11.7. The highest BCUT2D eigenvalue weighted by Gasteiger charge is 2.66. The number of hydrogen-bond donors (Lipinski definition) is 0. The van der Waals surface area contributed by atoms with E-state index in [1.54, 1.807) is 0 Å². The van der Waals surface area contributed by atoms with Crippen molar-refractivity contribution in [3.05, 3.63) is 199 Å². The Balaban J connectivity index is 1.61. The molecule has 1 unspecified atom stereocenters. The van der Waals surface area contributed by atoms with Crippen molar-refractivity contribution in [2.75, 3.05) is 0 Å². The molecule has 0 aromatic heterocycles. The van der Waals surface area contributed by atoms with Crippen molar-refractivity contribution in [3.63, 3.8) is 0 Å². The molecule has 5 heteroatoms. The molecule has 0 aliphatic carbocycles. The minimum atomic E-state index is -3.51. The van der Waals surface area contributed by atoms with Gasteiger partial charge in [0.05, 0.1) is 6.54 Å². The van der Waals surface area contributed by atoms with Crippen LogP contribution in [0, 0.1) is 0 Å². The first-order chi connectivity index (χ1) is 22.7. The summed E-state index contributed by atoms with van der Waals surface area (Å²) >= 11 is 0. The van der Waals surface area contributed by atoms with E-state index >= 15 is 9.59 Å². The van der Waals surface area contributed by atoms with Crippen molar-refractivity contribution < 1.29 is 9.59 Å². The van der Waals surface area contributed by atoms with Gasteiger partial charge in [-0.15, -0.1) is 0 Å². The van der Waals surface area contributed by atoms with Crippen molar-refractivity contribution in [1.29, 1.82) is 0 Å². The zero-order valence-electron chi connectivity index (χ0n) is 25.4. The Morgan fingerprint density at radius 2 is 0.826 bits per heavy atom. The fourth-order valence-electron chi connectivity index (χ4n) is 7.06. The first-order valence-corrected chi connectivity index (χ1v) is 17.6. The molecular weight excluding hydrogens is 581 g/mol. The maximum Gasteiger partial charge on any atom is 0.320 e. The minimum Gasteiger partial charge on any atom is -0.320 e. The van der Waals surface area contributed by atoms with Gasteiger partial charge in [-0.05, 0) is 32.3 Å². The van der Waals surface area contributed by atoms with Gasteiger partial charge in [-0.25, -0.2) is 4.79 Å². The molecule has 1 saturated heterocycles. The van der Waals surface area contributed by atoms with Gasteiger partial charge in [-0.2, -0.15) is 0 Å². The summed E-state index contributed by atoms with van der Waals surface area (Å²) in [5.41, 5.74) is 1.35. The van der Waals surface area contributed by atoms with Crippen LogP contribution in [0.4, 0.5) is 4.79 Å². The number of benzene rings is 6. The Morgan fingerprint density at radius 3 is 1.26 bits per heavy atom. The molecule has 1 fully saturated rings. The van der Waals surface area contributed by atoms with Gasteiger partial charge < -0.3 is 4.57 Å². The van der Waals surface area contributed by atoms with Gasteiger partial charge in [0.25, 0.3) is 14.1 Å². The maximum atomic E-state index is 15.5. The first kappa shape index (κ1) is 29.2. The molecule has 7 rings (SSSR count). The highest BCUT2D eigenvalue weighted by molar-refractivity contribution is 7.10. The third-order valence-electron chi connectivity index (χ3n) is 9.05. The van der Waals surface area contributed by atoms with E-state index in [0.717, 1.165) is 32.3 Å². The van der Waals surface area contributed by atoms with Crippen LogP contribution in [0.1, 0.15) is 16.7 Å². The molecule has 1 aliphatic heterocycles. The Hall–Kier alpha value is -5.52. The van der Waals surface area contributed by atoms with Crippen LogP contribution in [0.2, 0.25) is 0 Å². The van der Waals surface area contributed by atoms with E-state index in [-0.39, 0.29) is 18.5 Å². The summed E-state index contributed by atoms with van der Waals surface area (Å²) < 4.78 is 2.04. The van der Waals surface area contributed by atoms with Crippen LogP contribution in [0.15, 0.2) is 182 Å². The van der Waals surface area contributed by atoms with Crippen molar-refractivity contribution in [1.82, 2.24) is 9.47 Å². The smallest absolute Gasteiger partial charge is 0.320 e. The zero-order chi connectivity index (χ0) is 31.4. The highest BCUT2D eigenvalue weighted by atomic mass is 28.3. The number of carbonyl (C=O) groups is 2. The van der Waals surface area contributed by atoms with Crippen LogP contribution in [-0.2, 0) is 23.3 Å². The van der Waals surface area contributed by atoms with Crippen LogP contribution >= 0.6 is 0 Å². The Morgan fingerprint density at radius 1 is 0.457 bits per heavy atom. The van der Waals surface area contributed by atoms with Crippen LogP contribution in [0.25, 0.3) is 0 Å². The summed E-state index contributed by atoms with van der Waals surface area (Å²) in [5.74, 6) is -0.212. The van der Waals surface area contributed by atoms with E-state index in [2.05, 4.69) is 48.5 Å². The van der Waals surface area contributed by atoms with Crippen molar-refractivity contribution in [2.24, 2.45) is 0 Å². The van der Waals surface area contributed by atoms with E-state index in [1.165, 1.54) is 4.90 Å². The molecule has 0 N–H and O–H groups in total. The number of nitrogens with zero attached hydrogens (tertiary/aromatic N) is 2. The fraction of sp³-hybridized carbons (Fsp3) is 0.0732. The summed E-state index contributed by atoms with van der Waals surface area (Å²) in [6.07, 6.45) is 0.328. The highest BCUT2D eigenvalue weighted by Crippen LogP contribution is 2.44. The van der Waals surface area contributed by atoms with Gasteiger partial charge >= 0.3 is 6.03 Å². The predicted octanol–water partition coefficient (Wildman–Crippen LogP) is 6.26. The van der Waals surface area contributed by atoms with Crippen LogP contribution in [0.3, 0.4) is 0 Å². The first-order valence-electron chi connectivity index (χ1n) is 15.6. The molecule has 0 radical (unpaired) electrons. The topological polar surface area (TPSA) is 40.6 Å². The lowest BCUT2D eigenvalue weighted by molar-refractivity contribution is -0.133. The molecule has 3 amide bonds. The summed E-state index contributed by atoms with van der Waals surface area (Å²) in [7, 11) is -3.51. The predicted molar refractivity (Wildman–Crippen MR) is 186 cm³/mol. The molecule has 224 valence electrons. The average molecular weight is 615 g/mol. The summed E-state index contributed by atoms with van der Waals surface area (Å²) in [5, 5.41) is 3.09. The molecule has 0 spiro atoms. The largest absolute Gasteiger partial charge is 0.320 e. The van der Waals surface area contributed by atoms with Crippen LogP contribution in [0.5, 0.6) is 0 Å². The van der Waals surface area contributed by atoms with Crippen molar-refractivity contribution in [3.8, 4) is 0 Å². The van der Waals surface area contributed by atoms with Crippen LogP contribution in [-0.4, -0.2) is 29.6 Å². The average Bonchev–Trinajstić information content (AvgIpc) is 3.33. The third-order valence-corrected chi connectivity index (χ3v) is 13.8. The minimum absolute atomic E-state index is 0.182. The second kappa shape index (κ2) is 12.5. The third kappa shape index (κ3) is 4.86. The number of rotatable bonds is 9. The zero-order valence-corrected chi connectivity index (χ0v) is 26.4. The van der Waals surface area contributed by atoms with E-state index in [1.807, 2.05) is 138 Å². The molecule has 6 aromatic carbocycles. The van der Waals surface area contributed by atoms with Gasteiger partial charge in [0.15, 0.2) is 0 Å². The number of carbonyl (C=O) groups excluding carboxylic acids is 2. The standard InChI is InChI=1S/C41H34N2O2Si/c44-39-41(35-23-11-3-12-24-35,31-33-19-7-1-8-20-33)43(40(45)42(39)32-34-21-9-2-10-22-34)46(36-25-13-4-14-26-36,37-27-15-5-16-28-37)38-29-17-6-18-30-38/h1-30H,31-32H2. The SMILES string of the molecule is O=C1N(Cc2ccccc2)C(=O)C(Cc2ccccc2)(c2ccccc2)N1[Si](c1ccccc1)(c1ccccc1)c1ccccc1. The molecule has 0 saturated carbocycles. The molecule has 6 aromatic rings. The lowest BCUT2D eigenvalue weighted by Crippen LogP contribution is -2.81. The summed E-state index contributed by atoms with van der Waals surface area (Å²) in [6, 6.07) is 60.5. The molecule has 0 bridgehead atoms. The lowest BCUT2D eigenvalue weighted by Gasteiger charge is -2.48. The van der Waals surface area contributed by atoms with Crippen LogP contribution < -0.4 is 15.6 Å². The monoisotopic (exact) mass is 614 g/mol. The molecule has 1 atom stereocenters. The molecule has 1 heterocycles. The molecule has 4 nitrogen and oxygen atoms in total. The number of urea groups is 1. The van der Waals surface area contributed by atoms with E-state index < -0.39 is 13.8 Å². The number of imide groups is 1. The van der Waals surface area contributed by atoms with E-state index in [0.29, 0.717) is 6.42 Å². The molecular formula is C41H34N2O2Si. The second-order valence-corrected chi connectivity index (χ2v) is 15.3. The van der Waals surface area contributed by atoms with Gasteiger partial charge in [0.2, 0.25) is 0 Å². The van der Waals surface area contributed by atoms with Crippen molar-refractivity contribution >= 4 is 35.7 Å². The Kier molecular flexibility index (Phi) is 7.91. The van der Waals surface area contributed by atoms with Gasteiger partial charge in [-0.3, -0.25) is 9.69 Å².